The Morgan fingerprint density at radius 1 is 1.46 bits per heavy atom. The molecule has 13 heavy (non-hydrogen) atoms. The van der Waals surface area contributed by atoms with Crippen LogP contribution in [0.15, 0.2) is 11.1 Å². The summed E-state index contributed by atoms with van der Waals surface area (Å²) >= 11 is 0. The largest absolute Gasteiger partial charge is 0.295 e. The number of carbonyl (C=O) groups is 1. The second-order valence-corrected chi connectivity index (χ2v) is 5.19. The zero-order valence-electron chi connectivity index (χ0n) is 8.98. The predicted octanol–water partition coefficient (Wildman–Crippen LogP) is 2.96. The van der Waals surface area contributed by atoms with E-state index in [0.29, 0.717) is 17.1 Å². The van der Waals surface area contributed by atoms with Crippen molar-refractivity contribution in [3.63, 3.8) is 0 Å². The van der Waals surface area contributed by atoms with Gasteiger partial charge in [-0.15, -0.1) is 0 Å². The molecule has 2 rings (SSSR count). The van der Waals surface area contributed by atoms with Crippen LogP contribution in [-0.2, 0) is 4.79 Å². The van der Waals surface area contributed by atoms with Crippen molar-refractivity contribution in [2.75, 3.05) is 0 Å². The number of hydrogen-bond acceptors (Lipinski definition) is 1. The molecule has 1 fully saturated rings. The number of ketones is 1. The van der Waals surface area contributed by atoms with E-state index in [4.69, 9.17) is 0 Å². The molecule has 1 heteroatoms. The van der Waals surface area contributed by atoms with E-state index < -0.39 is 0 Å². The monoisotopic (exact) mass is 178 g/mol. The third-order valence-electron chi connectivity index (χ3n) is 4.03. The van der Waals surface area contributed by atoms with E-state index in [-0.39, 0.29) is 0 Å². The van der Waals surface area contributed by atoms with Crippen LogP contribution in [0.4, 0.5) is 0 Å². The lowest BCUT2D eigenvalue weighted by Gasteiger charge is -2.14. The molecule has 1 nitrogen and oxygen atoms in total. The summed E-state index contributed by atoms with van der Waals surface area (Å²) in [4.78, 5) is 11.5. The third-order valence-corrected chi connectivity index (χ3v) is 4.03. The van der Waals surface area contributed by atoms with Crippen LogP contribution in [0.5, 0.6) is 0 Å². The van der Waals surface area contributed by atoms with Crippen LogP contribution in [0.1, 0.15) is 40.5 Å². The highest BCUT2D eigenvalue weighted by atomic mass is 16.1. The molecule has 0 saturated heterocycles. The van der Waals surface area contributed by atoms with Crippen molar-refractivity contribution in [1.29, 1.82) is 0 Å². The fourth-order valence-electron chi connectivity index (χ4n) is 3.15. The Kier molecular flexibility index (Phi) is 1.70. The van der Waals surface area contributed by atoms with E-state index in [2.05, 4.69) is 20.8 Å². The van der Waals surface area contributed by atoms with Gasteiger partial charge >= 0.3 is 0 Å². The Morgan fingerprint density at radius 2 is 2.08 bits per heavy atom. The number of hydrogen-bond donors (Lipinski definition) is 0. The Balaban J connectivity index is 2.37. The average molecular weight is 178 g/mol. The molecular weight excluding hydrogens is 160 g/mol. The Bertz CT molecular complexity index is 296. The van der Waals surface area contributed by atoms with Gasteiger partial charge in [-0.3, -0.25) is 4.79 Å². The van der Waals surface area contributed by atoms with Crippen LogP contribution in [-0.4, -0.2) is 5.78 Å². The molecule has 0 radical (unpaired) electrons. The smallest absolute Gasteiger partial charge is 0.156 e. The maximum Gasteiger partial charge on any atom is 0.156 e. The number of rotatable bonds is 1. The van der Waals surface area contributed by atoms with Crippen LogP contribution in [0.25, 0.3) is 0 Å². The quantitative estimate of drug-likeness (QED) is 0.603. The van der Waals surface area contributed by atoms with Crippen molar-refractivity contribution in [2.24, 2.45) is 17.3 Å². The summed E-state index contributed by atoms with van der Waals surface area (Å²) in [6.45, 7) is 8.44. The summed E-state index contributed by atoms with van der Waals surface area (Å²) in [5.41, 5.74) is 2.90. The van der Waals surface area contributed by atoms with Gasteiger partial charge in [0.15, 0.2) is 5.78 Å². The molecule has 2 aliphatic carbocycles. The number of Topliss-reactive ketones (excluding diaryl/α,β-unsaturated/α-hetero) is 1. The highest BCUT2D eigenvalue weighted by Gasteiger charge is 2.60. The van der Waals surface area contributed by atoms with E-state index in [1.54, 1.807) is 6.92 Å². The van der Waals surface area contributed by atoms with Crippen LogP contribution in [0.3, 0.4) is 0 Å². The molecule has 0 aromatic heterocycles. The van der Waals surface area contributed by atoms with Gasteiger partial charge < -0.3 is 0 Å². The molecule has 0 spiro atoms. The molecule has 1 saturated carbocycles. The van der Waals surface area contributed by atoms with Gasteiger partial charge in [-0.2, -0.15) is 0 Å². The van der Waals surface area contributed by atoms with Crippen LogP contribution >= 0.6 is 0 Å². The SMILES string of the molecule is CC(=O)C1=C(C)CCC2C1C2(C)C. The van der Waals surface area contributed by atoms with Crippen molar-refractivity contribution in [3.05, 3.63) is 11.1 Å². The maximum atomic E-state index is 11.5. The van der Waals surface area contributed by atoms with Gasteiger partial charge in [-0.25, -0.2) is 0 Å². The normalized spacial score (nSPS) is 35.7. The zero-order valence-corrected chi connectivity index (χ0v) is 8.98. The fourth-order valence-corrected chi connectivity index (χ4v) is 3.15. The minimum absolute atomic E-state index is 0.303. The van der Waals surface area contributed by atoms with Gasteiger partial charge in [0.05, 0.1) is 0 Å². The topological polar surface area (TPSA) is 17.1 Å². The third kappa shape index (κ3) is 1.09. The summed E-state index contributed by atoms with van der Waals surface area (Å²) in [6, 6.07) is 0. The second-order valence-electron chi connectivity index (χ2n) is 5.19. The lowest BCUT2D eigenvalue weighted by molar-refractivity contribution is -0.114. The zero-order chi connectivity index (χ0) is 9.80. The maximum absolute atomic E-state index is 11.5. The molecule has 0 amide bonds. The number of fused-ring (bicyclic) bond motifs is 1. The van der Waals surface area contributed by atoms with E-state index in [0.717, 1.165) is 17.9 Å². The summed E-state index contributed by atoms with van der Waals surface area (Å²) in [6.07, 6.45) is 2.43. The van der Waals surface area contributed by atoms with E-state index >= 15 is 0 Å². The van der Waals surface area contributed by atoms with Gasteiger partial charge in [-0.05, 0) is 49.5 Å². The highest BCUT2D eigenvalue weighted by Crippen LogP contribution is 2.66. The van der Waals surface area contributed by atoms with Crippen LogP contribution < -0.4 is 0 Å². The molecule has 0 aromatic carbocycles. The van der Waals surface area contributed by atoms with E-state index in [1.165, 1.54) is 12.0 Å². The molecule has 2 atom stereocenters. The summed E-state index contributed by atoms with van der Waals surface area (Å²) < 4.78 is 0. The van der Waals surface area contributed by atoms with Crippen molar-refractivity contribution >= 4 is 5.78 Å². The molecular formula is C12H18O. The minimum atomic E-state index is 0.303. The lowest BCUT2D eigenvalue weighted by atomic mass is 9.90. The first-order valence-electron chi connectivity index (χ1n) is 5.17. The fraction of sp³-hybridized carbons (Fsp3) is 0.750. The van der Waals surface area contributed by atoms with Gasteiger partial charge in [0.25, 0.3) is 0 Å². The summed E-state index contributed by atoms with van der Waals surface area (Å²) in [5.74, 6) is 1.67. The molecule has 0 bridgehead atoms. The van der Waals surface area contributed by atoms with Crippen LogP contribution in [0.2, 0.25) is 0 Å². The van der Waals surface area contributed by atoms with Gasteiger partial charge in [0.1, 0.15) is 0 Å². The van der Waals surface area contributed by atoms with Crippen molar-refractivity contribution < 1.29 is 4.79 Å². The first kappa shape index (κ1) is 8.98. The highest BCUT2D eigenvalue weighted by molar-refractivity contribution is 5.95. The lowest BCUT2D eigenvalue weighted by Crippen LogP contribution is -2.08. The molecule has 0 aromatic rings. The van der Waals surface area contributed by atoms with Crippen molar-refractivity contribution in [3.8, 4) is 0 Å². The summed E-state index contributed by atoms with van der Waals surface area (Å²) in [7, 11) is 0. The predicted molar refractivity (Wildman–Crippen MR) is 53.4 cm³/mol. The molecule has 2 aliphatic rings. The number of allylic oxidation sites excluding steroid dienone is 2. The Labute approximate surface area is 80.2 Å². The first-order chi connectivity index (χ1) is 5.96. The van der Waals surface area contributed by atoms with Crippen molar-refractivity contribution in [2.45, 2.75) is 40.5 Å². The molecule has 72 valence electrons. The standard InChI is InChI=1S/C12H18O/c1-7-5-6-9-11(12(9,3)4)10(7)8(2)13/h9,11H,5-6H2,1-4H3. The van der Waals surface area contributed by atoms with Crippen LogP contribution in [0, 0.1) is 17.3 Å². The van der Waals surface area contributed by atoms with Gasteiger partial charge in [-0.1, -0.05) is 19.4 Å². The number of carbonyl (C=O) groups excluding carboxylic acids is 1. The molecule has 2 unspecified atom stereocenters. The van der Waals surface area contributed by atoms with E-state index in [9.17, 15) is 4.79 Å². The summed E-state index contributed by atoms with van der Waals surface area (Å²) in [5, 5.41) is 0. The van der Waals surface area contributed by atoms with Gasteiger partial charge in [0, 0.05) is 0 Å². The molecule has 0 aliphatic heterocycles. The molecule has 0 N–H and O–H groups in total. The Hall–Kier alpha value is -0.590. The molecule has 0 heterocycles. The first-order valence-corrected chi connectivity index (χ1v) is 5.17. The van der Waals surface area contributed by atoms with E-state index in [1.807, 2.05) is 0 Å². The average Bonchev–Trinajstić information content (AvgIpc) is 2.53. The van der Waals surface area contributed by atoms with Crippen molar-refractivity contribution in [1.82, 2.24) is 0 Å². The second kappa shape index (κ2) is 2.46. The minimum Gasteiger partial charge on any atom is -0.295 e. The van der Waals surface area contributed by atoms with Gasteiger partial charge in [0.2, 0.25) is 0 Å². The Morgan fingerprint density at radius 3 is 2.54 bits per heavy atom.